The zero-order chi connectivity index (χ0) is 62.9. The van der Waals surface area contributed by atoms with E-state index in [2.05, 4.69) is 277 Å². The van der Waals surface area contributed by atoms with Crippen LogP contribution in [-0.2, 0) is 0 Å². The van der Waals surface area contributed by atoms with Crippen molar-refractivity contribution in [2.75, 3.05) is 33.7 Å². The third-order valence-electron chi connectivity index (χ3n) is 16.8. The number of rotatable bonds is 16. The predicted molar refractivity (Wildman–Crippen MR) is 381 cm³/mol. The fourth-order valence-electron chi connectivity index (χ4n) is 11.8. The van der Waals surface area contributed by atoms with Gasteiger partial charge < -0.3 is 19.6 Å². The van der Waals surface area contributed by atoms with Gasteiger partial charge in [0.2, 0.25) is 0 Å². The highest BCUT2D eigenvalue weighted by Gasteiger charge is 2.19. The Hall–Kier alpha value is -12.4. The number of fused-ring (bicyclic) bond motifs is 2. The van der Waals surface area contributed by atoms with Crippen LogP contribution in [0.5, 0.6) is 0 Å². The summed E-state index contributed by atoms with van der Waals surface area (Å²) in [4.78, 5) is 30.1. The van der Waals surface area contributed by atoms with Gasteiger partial charge in [0.1, 0.15) is 0 Å². The highest BCUT2D eigenvalue weighted by molar-refractivity contribution is 6.00. The average Bonchev–Trinajstić information content (AvgIpc) is 0.874. The molecule has 0 amide bonds. The van der Waals surface area contributed by atoms with Gasteiger partial charge in [0.05, 0.1) is 21.2 Å². The van der Waals surface area contributed by atoms with E-state index in [0.717, 1.165) is 79.1 Å². The largest absolute Gasteiger partial charge is 0.345 e. The van der Waals surface area contributed by atoms with Crippen molar-refractivity contribution in [1.29, 1.82) is 0 Å². The number of hydrogen-bond acceptors (Lipinski definition) is 8. The lowest BCUT2D eigenvalue weighted by atomic mass is 10.0. The highest BCUT2D eigenvalue weighted by atomic mass is 16.6. The molecule has 14 rings (SSSR count). The lowest BCUT2D eigenvalue weighted by Gasteiger charge is -2.27. The molecule has 92 heavy (non-hydrogen) atoms. The Labute approximate surface area is 535 Å². The Morgan fingerprint density at radius 3 is 0.859 bits per heavy atom. The van der Waals surface area contributed by atoms with Gasteiger partial charge in [0.15, 0.2) is 0 Å². The molecule has 0 saturated carbocycles. The number of nitrogens with zero attached hydrogens (tertiary/aromatic N) is 6. The van der Waals surface area contributed by atoms with Crippen molar-refractivity contribution in [3.8, 4) is 44.5 Å². The Bertz CT molecular complexity index is 4850. The Kier molecular flexibility index (Phi) is 16.9. The van der Waals surface area contributed by atoms with Crippen LogP contribution in [0.25, 0.3) is 66.1 Å². The zero-order valence-corrected chi connectivity index (χ0v) is 50.6. The van der Waals surface area contributed by atoms with Gasteiger partial charge in [-0.2, -0.15) is 0 Å². The SMILES string of the molecule is CN(c1ccc(-c2ccc(N(c3ccc(-c4ccccc4)cc3)c3cccc4ccccc34)cc2)cc1)c1ccc([N+](=O)[O-])cc1.CN(c1ccc(-c2ccc(N(c3ccc(-c4ccccc4)cc3)c3cccc4ccccc34)cc2)cc1)c1cccc([N+](=O)[O-])c1. The molecule has 0 aliphatic heterocycles. The molecule has 14 aromatic carbocycles. The number of nitro groups is 2. The molecule has 0 atom stereocenters. The summed E-state index contributed by atoms with van der Waals surface area (Å²) in [5, 5.41) is 27.0. The molecule has 0 N–H and O–H groups in total. The van der Waals surface area contributed by atoms with Crippen LogP contribution in [0.3, 0.4) is 0 Å². The van der Waals surface area contributed by atoms with Crippen molar-refractivity contribution in [2.24, 2.45) is 0 Å². The maximum absolute atomic E-state index is 11.2. The molecular weight excluding hydrogens is 1130 g/mol. The molecule has 10 heteroatoms. The second-order valence-electron chi connectivity index (χ2n) is 22.3. The van der Waals surface area contributed by atoms with Gasteiger partial charge >= 0.3 is 0 Å². The average molecular weight is 1200 g/mol. The van der Waals surface area contributed by atoms with Crippen LogP contribution >= 0.6 is 0 Å². The van der Waals surface area contributed by atoms with Crippen molar-refractivity contribution < 1.29 is 9.85 Å². The fraction of sp³-hybridized carbons (Fsp3) is 0.0244. The number of anilines is 10. The van der Waals surface area contributed by atoms with Crippen molar-refractivity contribution in [3.05, 3.63) is 360 Å². The lowest BCUT2D eigenvalue weighted by Crippen LogP contribution is -2.10. The first-order valence-corrected chi connectivity index (χ1v) is 30.3. The quantitative estimate of drug-likeness (QED) is 0.0697. The first-order valence-electron chi connectivity index (χ1n) is 30.3. The topological polar surface area (TPSA) is 99.2 Å². The van der Waals surface area contributed by atoms with E-state index < -0.39 is 0 Å². The van der Waals surface area contributed by atoms with Gasteiger partial charge in [-0.3, -0.25) is 20.2 Å². The van der Waals surface area contributed by atoms with Gasteiger partial charge in [-0.15, -0.1) is 0 Å². The van der Waals surface area contributed by atoms with Crippen molar-refractivity contribution in [2.45, 2.75) is 0 Å². The molecular formula is C82H62N6O4. The lowest BCUT2D eigenvalue weighted by molar-refractivity contribution is -0.385. The highest BCUT2D eigenvalue weighted by Crippen LogP contribution is 2.43. The van der Waals surface area contributed by atoms with Crippen LogP contribution in [0.1, 0.15) is 0 Å². The first kappa shape index (κ1) is 58.6. The second-order valence-corrected chi connectivity index (χ2v) is 22.3. The van der Waals surface area contributed by atoms with Crippen LogP contribution in [0.4, 0.5) is 68.2 Å². The van der Waals surface area contributed by atoms with Crippen LogP contribution in [0.2, 0.25) is 0 Å². The summed E-state index contributed by atoms with van der Waals surface area (Å²) in [6, 6.07) is 116. The Morgan fingerprint density at radius 2 is 0.511 bits per heavy atom. The first-order chi connectivity index (χ1) is 45.1. The molecule has 444 valence electrons. The maximum Gasteiger partial charge on any atom is 0.271 e. The Balaban J connectivity index is 0.000000168. The molecule has 0 aromatic heterocycles. The van der Waals surface area contributed by atoms with Crippen molar-refractivity contribution >= 4 is 89.8 Å². The van der Waals surface area contributed by atoms with E-state index in [-0.39, 0.29) is 21.2 Å². The summed E-state index contributed by atoms with van der Waals surface area (Å²) < 4.78 is 0. The van der Waals surface area contributed by atoms with Crippen molar-refractivity contribution in [3.63, 3.8) is 0 Å². The van der Waals surface area contributed by atoms with E-state index in [4.69, 9.17) is 0 Å². The molecule has 0 bridgehead atoms. The van der Waals surface area contributed by atoms with Crippen molar-refractivity contribution in [1.82, 2.24) is 0 Å². The van der Waals surface area contributed by atoms with Gasteiger partial charge in [-0.1, -0.05) is 212 Å². The predicted octanol–water partition coefficient (Wildman–Crippen LogP) is 22.6. The summed E-state index contributed by atoms with van der Waals surface area (Å²) in [7, 11) is 3.87. The number of hydrogen-bond donors (Lipinski definition) is 0. The van der Waals surface area contributed by atoms with Crippen LogP contribution < -0.4 is 19.6 Å². The number of non-ortho nitro benzene ring substituents is 2. The third-order valence-corrected chi connectivity index (χ3v) is 16.8. The van der Waals surface area contributed by atoms with E-state index in [0.29, 0.717) is 0 Å². The number of nitro benzene ring substituents is 2. The second kappa shape index (κ2) is 26.5. The minimum Gasteiger partial charge on any atom is -0.345 e. The molecule has 14 aromatic rings. The summed E-state index contributed by atoms with van der Waals surface area (Å²) >= 11 is 0. The van der Waals surface area contributed by atoms with E-state index in [1.165, 1.54) is 62.0 Å². The molecule has 0 aliphatic rings. The number of benzene rings is 14. The Morgan fingerprint density at radius 1 is 0.239 bits per heavy atom. The summed E-state index contributed by atoms with van der Waals surface area (Å²) in [6.45, 7) is 0. The smallest absolute Gasteiger partial charge is 0.271 e. The molecule has 10 nitrogen and oxygen atoms in total. The summed E-state index contributed by atoms with van der Waals surface area (Å²) in [5.41, 5.74) is 19.4. The fourth-order valence-corrected chi connectivity index (χ4v) is 11.8. The molecule has 0 spiro atoms. The zero-order valence-electron chi connectivity index (χ0n) is 50.6. The molecule has 0 radical (unpaired) electrons. The summed E-state index contributed by atoms with van der Waals surface area (Å²) in [6.07, 6.45) is 0. The molecule has 0 fully saturated rings. The minimum atomic E-state index is -0.382. The van der Waals surface area contributed by atoms with Crippen LogP contribution in [-0.4, -0.2) is 23.9 Å². The van der Waals surface area contributed by atoms with E-state index in [1.54, 1.807) is 24.3 Å². The van der Waals surface area contributed by atoms with E-state index in [9.17, 15) is 20.2 Å². The minimum absolute atomic E-state index is 0.0748. The summed E-state index contributed by atoms with van der Waals surface area (Å²) in [5.74, 6) is 0. The standard InChI is InChI=1S/2C41H31N3O2/c1-42(38-13-8-14-39(29-38)44(45)46)35-23-17-32(18-24-35)33-21-27-37(28-22-33)43(41-16-7-12-34-11-5-6-15-40(34)41)36-25-19-31(20-26-36)30-9-3-2-4-10-30;1-42(36-26-28-39(29-27-36)44(45)46)35-20-14-32(15-21-35)33-18-24-38(25-19-33)43(41-13-7-11-34-10-5-6-12-40(34)41)37-22-16-31(17-23-37)30-8-3-2-4-9-30/h2*2-29H,1H3. The van der Waals surface area contributed by atoms with Gasteiger partial charge in [-0.05, 0) is 158 Å². The third kappa shape index (κ3) is 12.7. The maximum atomic E-state index is 11.2. The molecule has 0 saturated heterocycles. The normalized spacial score (nSPS) is 10.9. The van der Waals surface area contributed by atoms with Gasteiger partial charge in [0, 0.05) is 94.6 Å². The van der Waals surface area contributed by atoms with E-state index in [1.807, 2.05) is 54.2 Å². The molecule has 0 aliphatic carbocycles. The van der Waals surface area contributed by atoms with Crippen LogP contribution in [0, 0.1) is 20.2 Å². The molecule has 0 heterocycles. The monoisotopic (exact) mass is 1190 g/mol. The van der Waals surface area contributed by atoms with Crippen LogP contribution in [0.15, 0.2) is 340 Å². The van der Waals surface area contributed by atoms with Gasteiger partial charge in [-0.25, -0.2) is 0 Å². The molecule has 0 unspecified atom stereocenters. The van der Waals surface area contributed by atoms with E-state index >= 15 is 0 Å². The van der Waals surface area contributed by atoms with Gasteiger partial charge in [0.25, 0.3) is 11.4 Å².